The van der Waals surface area contributed by atoms with Crippen molar-refractivity contribution in [1.82, 2.24) is 19.5 Å². The van der Waals surface area contributed by atoms with Gasteiger partial charge < -0.3 is 5.32 Å². The molecule has 0 aliphatic rings. The SMILES string of the molecule is CCC(C)NC(=O)Cn1nc2ccccn2c1=O. The van der Waals surface area contributed by atoms with Gasteiger partial charge in [-0.05, 0) is 25.5 Å². The van der Waals surface area contributed by atoms with Crippen LogP contribution in [0.25, 0.3) is 5.65 Å². The number of hydrogen-bond donors (Lipinski definition) is 1. The molecule has 1 atom stereocenters. The van der Waals surface area contributed by atoms with Crippen LogP contribution in [0.2, 0.25) is 0 Å². The van der Waals surface area contributed by atoms with E-state index in [0.29, 0.717) is 5.65 Å². The molecule has 1 unspecified atom stereocenters. The van der Waals surface area contributed by atoms with Gasteiger partial charge in [0.1, 0.15) is 6.54 Å². The second kappa shape index (κ2) is 5.03. The molecule has 0 aliphatic heterocycles. The van der Waals surface area contributed by atoms with E-state index in [1.807, 2.05) is 13.8 Å². The van der Waals surface area contributed by atoms with E-state index in [1.165, 1.54) is 9.08 Å². The van der Waals surface area contributed by atoms with Gasteiger partial charge in [-0.1, -0.05) is 13.0 Å². The van der Waals surface area contributed by atoms with Crippen molar-refractivity contribution < 1.29 is 4.79 Å². The Morgan fingerprint density at radius 2 is 2.28 bits per heavy atom. The molecule has 0 fully saturated rings. The lowest BCUT2D eigenvalue weighted by atomic mass is 10.2. The van der Waals surface area contributed by atoms with Crippen molar-refractivity contribution >= 4 is 11.6 Å². The van der Waals surface area contributed by atoms with Crippen molar-refractivity contribution in [2.75, 3.05) is 0 Å². The Labute approximate surface area is 104 Å². The summed E-state index contributed by atoms with van der Waals surface area (Å²) in [6, 6.07) is 5.38. The number of aromatic nitrogens is 3. The summed E-state index contributed by atoms with van der Waals surface area (Å²) in [4.78, 5) is 23.6. The molecule has 0 bridgehead atoms. The van der Waals surface area contributed by atoms with Crippen LogP contribution in [0.5, 0.6) is 0 Å². The fourth-order valence-corrected chi connectivity index (χ4v) is 1.63. The third-order valence-electron chi connectivity index (χ3n) is 2.80. The van der Waals surface area contributed by atoms with Crippen molar-refractivity contribution in [2.45, 2.75) is 32.9 Å². The van der Waals surface area contributed by atoms with Gasteiger partial charge >= 0.3 is 5.69 Å². The fraction of sp³-hybridized carbons (Fsp3) is 0.417. The van der Waals surface area contributed by atoms with Gasteiger partial charge in [0.15, 0.2) is 5.65 Å². The van der Waals surface area contributed by atoms with Crippen LogP contribution < -0.4 is 11.0 Å². The number of nitrogens with one attached hydrogen (secondary N) is 1. The molecule has 18 heavy (non-hydrogen) atoms. The van der Waals surface area contributed by atoms with Gasteiger partial charge in [-0.3, -0.25) is 9.20 Å². The van der Waals surface area contributed by atoms with Crippen LogP contribution in [0, 0.1) is 0 Å². The molecule has 0 saturated heterocycles. The standard InChI is InChI=1S/C12H16N4O2/c1-3-9(2)13-11(17)8-16-12(18)15-7-5-4-6-10(15)14-16/h4-7,9H,3,8H2,1-2H3,(H,13,17). The minimum absolute atomic E-state index is 0.0507. The number of rotatable bonds is 4. The zero-order valence-electron chi connectivity index (χ0n) is 10.5. The van der Waals surface area contributed by atoms with Crippen LogP contribution in [-0.4, -0.2) is 26.1 Å². The van der Waals surface area contributed by atoms with Crippen molar-refractivity contribution in [2.24, 2.45) is 0 Å². The van der Waals surface area contributed by atoms with Crippen LogP contribution >= 0.6 is 0 Å². The Hall–Kier alpha value is -2.11. The highest BCUT2D eigenvalue weighted by Gasteiger charge is 2.11. The van der Waals surface area contributed by atoms with E-state index >= 15 is 0 Å². The summed E-state index contributed by atoms with van der Waals surface area (Å²) in [5, 5.41) is 6.89. The zero-order valence-corrected chi connectivity index (χ0v) is 10.5. The number of carbonyl (C=O) groups excluding carboxylic acids is 1. The maximum atomic E-state index is 11.9. The number of amides is 1. The summed E-state index contributed by atoms with van der Waals surface area (Å²) < 4.78 is 2.59. The third-order valence-corrected chi connectivity index (χ3v) is 2.80. The van der Waals surface area contributed by atoms with Crippen LogP contribution in [-0.2, 0) is 11.3 Å². The maximum Gasteiger partial charge on any atom is 0.350 e. The lowest BCUT2D eigenvalue weighted by Gasteiger charge is -2.10. The van der Waals surface area contributed by atoms with Gasteiger partial charge in [0, 0.05) is 12.2 Å². The average Bonchev–Trinajstić information content (AvgIpc) is 2.66. The van der Waals surface area contributed by atoms with E-state index in [1.54, 1.807) is 24.4 Å². The van der Waals surface area contributed by atoms with Crippen LogP contribution in [0.3, 0.4) is 0 Å². The second-order valence-corrected chi connectivity index (χ2v) is 4.25. The van der Waals surface area contributed by atoms with Crippen molar-refractivity contribution in [1.29, 1.82) is 0 Å². The molecule has 1 amide bonds. The molecule has 2 rings (SSSR count). The topological polar surface area (TPSA) is 68.4 Å². The van der Waals surface area contributed by atoms with Crippen molar-refractivity contribution in [3.8, 4) is 0 Å². The Kier molecular flexibility index (Phi) is 3.45. The molecule has 0 spiro atoms. The van der Waals surface area contributed by atoms with E-state index in [2.05, 4.69) is 10.4 Å². The Morgan fingerprint density at radius 3 is 2.94 bits per heavy atom. The minimum Gasteiger partial charge on any atom is -0.352 e. The summed E-state index contributed by atoms with van der Waals surface area (Å²) in [5.41, 5.74) is 0.240. The molecular formula is C12H16N4O2. The summed E-state index contributed by atoms with van der Waals surface area (Å²) in [7, 11) is 0. The van der Waals surface area contributed by atoms with Gasteiger partial charge in [0.05, 0.1) is 0 Å². The Bertz CT molecular complexity index is 614. The summed E-state index contributed by atoms with van der Waals surface area (Å²) >= 11 is 0. The molecule has 2 aromatic rings. The summed E-state index contributed by atoms with van der Waals surface area (Å²) in [5.74, 6) is -0.199. The lowest BCUT2D eigenvalue weighted by molar-refractivity contribution is -0.122. The molecular weight excluding hydrogens is 232 g/mol. The normalized spacial score (nSPS) is 12.6. The van der Waals surface area contributed by atoms with Crippen molar-refractivity contribution in [3.05, 3.63) is 34.9 Å². The van der Waals surface area contributed by atoms with Gasteiger partial charge in [-0.2, -0.15) is 0 Å². The predicted molar refractivity (Wildman–Crippen MR) is 67.3 cm³/mol. The van der Waals surface area contributed by atoms with Gasteiger partial charge in [-0.25, -0.2) is 9.48 Å². The van der Waals surface area contributed by atoms with Crippen molar-refractivity contribution in [3.63, 3.8) is 0 Å². The molecule has 1 N–H and O–H groups in total. The quantitative estimate of drug-likeness (QED) is 0.852. The predicted octanol–water partition coefficient (Wildman–Crippen LogP) is 0.411. The number of nitrogens with zero attached hydrogens (tertiary/aromatic N) is 3. The minimum atomic E-state index is -0.301. The number of carbonyl (C=O) groups is 1. The smallest absolute Gasteiger partial charge is 0.350 e. The van der Waals surface area contributed by atoms with Gasteiger partial charge in [0.2, 0.25) is 5.91 Å². The first-order chi connectivity index (χ1) is 8.61. The van der Waals surface area contributed by atoms with E-state index < -0.39 is 0 Å². The maximum absolute atomic E-state index is 11.9. The molecule has 6 heteroatoms. The average molecular weight is 248 g/mol. The highest BCUT2D eigenvalue weighted by atomic mass is 16.2. The number of pyridine rings is 1. The molecule has 2 aromatic heterocycles. The number of fused-ring (bicyclic) bond motifs is 1. The Balaban J connectivity index is 2.20. The first kappa shape index (κ1) is 12.3. The van der Waals surface area contributed by atoms with Gasteiger partial charge in [0.25, 0.3) is 0 Å². The lowest BCUT2D eigenvalue weighted by Crippen LogP contribution is -2.37. The fourth-order valence-electron chi connectivity index (χ4n) is 1.63. The first-order valence-corrected chi connectivity index (χ1v) is 5.95. The van der Waals surface area contributed by atoms with Crippen LogP contribution in [0.15, 0.2) is 29.2 Å². The Morgan fingerprint density at radius 1 is 1.50 bits per heavy atom. The molecule has 96 valence electrons. The second-order valence-electron chi connectivity index (χ2n) is 4.25. The summed E-state index contributed by atoms with van der Waals surface area (Å²) in [6.07, 6.45) is 2.49. The van der Waals surface area contributed by atoms with Crippen LogP contribution in [0.1, 0.15) is 20.3 Å². The molecule has 0 saturated carbocycles. The molecule has 0 aliphatic carbocycles. The highest BCUT2D eigenvalue weighted by molar-refractivity contribution is 5.75. The third kappa shape index (κ3) is 2.42. The highest BCUT2D eigenvalue weighted by Crippen LogP contribution is 1.95. The van der Waals surface area contributed by atoms with E-state index in [0.717, 1.165) is 6.42 Å². The molecule has 0 aromatic carbocycles. The first-order valence-electron chi connectivity index (χ1n) is 5.95. The zero-order chi connectivity index (χ0) is 13.1. The van der Waals surface area contributed by atoms with E-state index in [-0.39, 0.29) is 24.2 Å². The van der Waals surface area contributed by atoms with Crippen LogP contribution in [0.4, 0.5) is 0 Å². The van der Waals surface area contributed by atoms with E-state index in [9.17, 15) is 9.59 Å². The monoisotopic (exact) mass is 248 g/mol. The molecule has 2 heterocycles. The summed E-state index contributed by atoms with van der Waals surface area (Å²) in [6.45, 7) is 3.86. The number of hydrogen-bond acceptors (Lipinski definition) is 3. The largest absolute Gasteiger partial charge is 0.352 e. The molecule has 0 radical (unpaired) electrons. The molecule has 6 nitrogen and oxygen atoms in total. The van der Waals surface area contributed by atoms with E-state index in [4.69, 9.17) is 0 Å². The van der Waals surface area contributed by atoms with Gasteiger partial charge in [-0.15, -0.1) is 5.10 Å².